The van der Waals surface area contributed by atoms with Crippen molar-refractivity contribution in [2.45, 2.75) is 25.5 Å². The van der Waals surface area contributed by atoms with Crippen LogP contribution in [-0.2, 0) is 9.53 Å². The van der Waals surface area contributed by atoms with E-state index >= 15 is 0 Å². The Hall–Kier alpha value is -0.710. The molecule has 1 fully saturated rings. The number of carbonyl (C=O) groups excluding carboxylic acids is 1. The van der Waals surface area contributed by atoms with Crippen molar-refractivity contribution in [2.24, 2.45) is 0 Å². The summed E-state index contributed by atoms with van der Waals surface area (Å²) in [4.78, 5) is 10.8. The molecule has 3 nitrogen and oxygen atoms in total. The van der Waals surface area contributed by atoms with Gasteiger partial charge >= 0.3 is 6.55 Å². The fourth-order valence-electron chi connectivity index (χ4n) is 0.839. The normalized spacial score (nSPS) is 29.8. The van der Waals surface area contributed by atoms with Crippen LogP contribution in [0.4, 0.5) is 8.78 Å². The molecule has 0 aliphatic carbocycles. The summed E-state index contributed by atoms with van der Waals surface area (Å²) in [5.41, 5.74) is -1.02. The highest BCUT2D eigenvalue weighted by molar-refractivity contribution is 5.85. The molecule has 1 rings (SSSR count). The van der Waals surface area contributed by atoms with Crippen LogP contribution in [-0.4, -0.2) is 24.7 Å². The molecule has 1 aliphatic heterocycles. The standard InChI is InChI=1S/C6H9F2NO2/c1-6(2-3-11-6)4(10)9-5(7)8/h5H,2-3H2,1H3,(H,9,10). The Bertz CT molecular complexity index is 168. The summed E-state index contributed by atoms with van der Waals surface area (Å²) in [6.45, 7) is -0.843. The molecule has 64 valence electrons. The highest BCUT2D eigenvalue weighted by atomic mass is 19.3. The average molecular weight is 165 g/mol. The van der Waals surface area contributed by atoms with Gasteiger partial charge in [0.1, 0.15) is 5.60 Å². The van der Waals surface area contributed by atoms with Gasteiger partial charge in [-0.15, -0.1) is 0 Å². The van der Waals surface area contributed by atoms with Crippen molar-refractivity contribution in [3.63, 3.8) is 0 Å². The lowest BCUT2D eigenvalue weighted by Crippen LogP contribution is -2.54. The molecule has 1 atom stereocenters. The molecule has 0 radical (unpaired) electrons. The van der Waals surface area contributed by atoms with Gasteiger partial charge in [-0.3, -0.25) is 10.1 Å². The van der Waals surface area contributed by atoms with E-state index in [4.69, 9.17) is 4.74 Å². The van der Waals surface area contributed by atoms with Crippen LogP contribution in [0.5, 0.6) is 0 Å². The summed E-state index contributed by atoms with van der Waals surface area (Å²) in [5, 5.41) is 1.49. The fraction of sp³-hybridized carbons (Fsp3) is 0.833. The maximum absolute atomic E-state index is 11.6. The molecule has 0 aromatic heterocycles. The Morgan fingerprint density at radius 3 is 2.55 bits per heavy atom. The average Bonchev–Trinajstić information content (AvgIpc) is 1.81. The van der Waals surface area contributed by atoms with E-state index < -0.39 is 18.1 Å². The highest BCUT2D eigenvalue weighted by Gasteiger charge is 2.41. The van der Waals surface area contributed by atoms with E-state index in [2.05, 4.69) is 0 Å². The first-order chi connectivity index (χ1) is 5.04. The number of amides is 1. The second kappa shape index (κ2) is 2.73. The third kappa shape index (κ3) is 1.65. The summed E-state index contributed by atoms with van der Waals surface area (Å²) in [5.74, 6) is -0.737. The second-order valence-corrected chi connectivity index (χ2v) is 2.60. The maximum Gasteiger partial charge on any atom is 0.315 e. The van der Waals surface area contributed by atoms with E-state index in [0.717, 1.165) is 0 Å². The minimum atomic E-state index is -2.80. The molecule has 0 bridgehead atoms. The largest absolute Gasteiger partial charge is 0.365 e. The number of rotatable bonds is 2. The minimum Gasteiger partial charge on any atom is -0.365 e. The Labute approximate surface area is 62.7 Å². The lowest BCUT2D eigenvalue weighted by atomic mass is 9.97. The predicted molar refractivity (Wildman–Crippen MR) is 33.1 cm³/mol. The van der Waals surface area contributed by atoms with Crippen LogP contribution in [0.3, 0.4) is 0 Å². The summed E-state index contributed by atoms with van der Waals surface area (Å²) >= 11 is 0. The van der Waals surface area contributed by atoms with Crippen molar-refractivity contribution in [3.05, 3.63) is 0 Å². The van der Waals surface area contributed by atoms with Crippen LogP contribution >= 0.6 is 0 Å². The minimum absolute atomic E-state index is 0.465. The smallest absolute Gasteiger partial charge is 0.315 e. The molecular formula is C6H9F2NO2. The van der Waals surface area contributed by atoms with Gasteiger partial charge in [-0.2, -0.15) is 8.78 Å². The molecule has 1 heterocycles. The molecule has 0 aromatic rings. The molecule has 0 spiro atoms. The number of alkyl halides is 2. The van der Waals surface area contributed by atoms with Crippen molar-refractivity contribution in [2.75, 3.05) is 6.61 Å². The summed E-state index contributed by atoms with van der Waals surface area (Å²) < 4.78 is 28.0. The number of hydrogen-bond donors (Lipinski definition) is 1. The summed E-state index contributed by atoms with van der Waals surface area (Å²) in [6.07, 6.45) is 0.506. The summed E-state index contributed by atoms with van der Waals surface area (Å²) in [7, 11) is 0. The van der Waals surface area contributed by atoms with E-state index in [9.17, 15) is 13.6 Å². The van der Waals surface area contributed by atoms with E-state index in [1.54, 1.807) is 0 Å². The number of ether oxygens (including phenoxy) is 1. The number of hydrogen-bond acceptors (Lipinski definition) is 2. The second-order valence-electron chi connectivity index (χ2n) is 2.60. The van der Waals surface area contributed by atoms with Crippen LogP contribution in [0.25, 0.3) is 0 Å². The molecule has 1 unspecified atom stereocenters. The molecule has 11 heavy (non-hydrogen) atoms. The summed E-state index contributed by atoms with van der Waals surface area (Å²) in [6, 6.07) is 0. The Kier molecular flexibility index (Phi) is 2.08. The SMILES string of the molecule is CC1(C(=O)NC(F)F)CCO1. The van der Waals surface area contributed by atoms with Crippen molar-refractivity contribution in [3.8, 4) is 0 Å². The Morgan fingerprint density at radius 1 is 1.73 bits per heavy atom. The molecule has 0 aromatic carbocycles. The monoisotopic (exact) mass is 165 g/mol. The van der Waals surface area contributed by atoms with E-state index in [1.165, 1.54) is 12.2 Å². The van der Waals surface area contributed by atoms with Crippen molar-refractivity contribution in [1.82, 2.24) is 5.32 Å². The Morgan fingerprint density at radius 2 is 2.27 bits per heavy atom. The molecule has 1 aliphatic rings. The number of nitrogens with one attached hydrogen (secondary N) is 1. The molecule has 0 saturated carbocycles. The number of halogens is 2. The van der Waals surface area contributed by atoms with Gasteiger partial charge < -0.3 is 4.74 Å². The van der Waals surface area contributed by atoms with Crippen LogP contribution in [0.1, 0.15) is 13.3 Å². The molecule has 1 saturated heterocycles. The van der Waals surface area contributed by atoms with Gasteiger partial charge in [-0.05, 0) is 6.92 Å². The van der Waals surface area contributed by atoms with Gasteiger partial charge in [0.05, 0.1) is 6.61 Å². The van der Waals surface area contributed by atoms with Crippen LogP contribution in [0.15, 0.2) is 0 Å². The van der Waals surface area contributed by atoms with Crippen molar-refractivity contribution < 1.29 is 18.3 Å². The van der Waals surface area contributed by atoms with Crippen LogP contribution in [0, 0.1) is 0 Å². The van der Waals surface area contributed by atoms with E-state index in [0.29, 0.717) is 13.0 Å². The van der Waals surface area contributed by atoms with Crippen molar-refractivity contribution >= 4 is 5.91 Å². The molecule has 1 N–H and O–H groups in total. The lowest BCUT2D eigenvalue weighted by molar-refractivity contribution is -0.174. The van der Waals surface area contributed by atoms with Gasteiger partial charge in [-0.25, -0.2) is 0 Å². The highest BCUT2D eigenvalue weighted by Crippen LogP contribution is 2.25. The van der Waals surface area contributed by atoms with Crippen LogP contribution in [0.2, 0.25) is 0 Å². The first kappa shape index (κ1) is 8.39. The third-order valence-electron chi connectivity index (χ3n) is 1.72. The van der Waals surface area contributed by atoms with Gasteiger partial charge in [0.2, 0.25) is 0 Å². The van der Waals surface area contributed by atoms with Gasteiger partial charge in [0, 0.05) is 6.42 Å². The van der Waals surface area contributed by atoms with Gasteiger partial charge in [-0.1, -0.05) is 0 Å². The first-order valence-corrected chi connectivity index (χ1v) is 3.28. The fourth-order valence-corrected chi connectivity index (χ4v) is 0.839. The van der Waals surface area contributed by atoms with E-state index in [1.807, 2.05) is 0 Å². The van der Waals surface area contributed by atoms with Crippen molar-refractivity contribution in [1.29, 1.82) is 0 Å². The predicted octanol–water partition coefficient (Wildman–Crippen LogP) is 0.504. The number of carbonyl (C=O) groups is 1. The Balaban J connectivity index is 2.40. The van der Waals surface area contributed by atoms with Crippen LogP contribution < -0.4 is 5.32 Å². The van der Waals surface area contributed by atoms with E-state index in [-0.39, 0.29) is 0 Å². The zero-order valence-electron chi connectivity index (χ0n) is 6.06. The first-order valence-electron chi connectivity index (χ1n) is 3.28. The topological polar surface area (TPSA) is 38.3 Å². The third-order valence-corrected chi connectivity index (χ3v) is 1.72. The quantitative estimate of drug-likeness (QED) is 0.605. The zero-order chi connectivity index (χ0) is 8.48. The lowest BCUT2D eigenvalue weighted by Gasteiger charge is -2.36. The van der Waals surface area contributed by atoms with Gasteiger partial charge in [0.15, 0.2) is 0 Å². The zero-order valence-corrected chi connectivity index (χ0v) is 6.06. The molecule has 1 amide bonds. The molecular weight excluding hydrogens is 156 g/mol. The maximum atomic E-state index is 11.6. The molecule has 5 heteroatoms. The van der Waals surface area contributed by atoms with Gasteiger partial charge in [0.25, 0.3) is 5.91 Å².